The lowest BCUT2D eigenvalue weighted by Gasteiger charge is -2.51. The van der Waals surface area contributed by atoms with E-state index in [9.17, 15) is 14.4 Å². The second-order valence-electron chi connectivity index (χ2n) is 6.01. The lowest BCUT2D eigenvalue weighted by atomic mass is 9.66. The first kappa shape index (κ1) is 14.9. The Kier molecular flexibility index (Phi) is 3.70. The standard InChI is InChI=1S/C11H23O3P/c1-8-11(9(2,3)4,10(5,6)7)15(12,13)14/h8H,1H2,2-7H3,(H2,12,13,14). The van der Waals surface area contributed by atoms with Crippen molar-refractivity contribution in [3.63, 3.8) is 0 Å². The van der Waals surface area contributed by atoms with Crippen LogP contribution in [0.1, 0.15) is 41.5 Å². The van der Waals surface area contributed by atoms with E-state index in [1.807, 2.05) is 41.5 Å². The number of allylic oxidation sites excluding steroid dienone is 1. The van der Waals surface area contributed by atoms with Crippen molar-refractivity contribution >= 4 is 7.60 Å². The van der Waals surface area contributed by atoms with E-state index in [1.165, 1.54) is 6.08 Å². The highest BCUT2D eigenvalue weighted by Gasteiger charge is 2.59. The first-order chi connectivity index (χ1) is 6.31. The van der Waals surface area contributed by atoms with Gasteiger partial charge in [0.05, 0.1) is 5.16 Å². The Morgan fingerprint density at radius 1 is 1.00 bits per heavy atom. The molecule has 0 radical (unpaired) electrons. The van der Waals surface area contributed by atoms with Gasteiger partial charge in [0, 0.05) is 0 Å². The average molecular weight is 234 g/mol. The van der Waals surface area contributed by atoms with Gasteiger partial charge in [-0.3, -0.25) is 4.57 Å². The van der Waals surface area contributed by atoms with E-state index < -0.39 is 23.6 Å². The summed E-state index contributed by atoms with van der Waals surface area (Å²) in [6.07, 6.45) is 1.42. The maximum atomic E-state index is 11.8. The zero-order valence-electron chi connectivity index (χ0n) is 10.5. The topological polar surface area (TPSA) is 57.5 Å². The molecule has 0 aromatic carbocycles. The molecular formula is C11H23O3P. The van der Waals surface area contributed by atoms with Gasteiger partial charge in [0.25, 0.3) is 0 Å². The van der Waals surface area contributed by atoms with Crippen LogP contribution in [-0.2, 0) is 4.57 Å². The summed E-state index contributed by atoms with van der Waals surface area (Å²) < 4.78 is 11.8. The van der Waals surface area contributed by atoms with Crippen LogP contribution < -0.4 is 0 Å². The molecule has 15 heavy (non-hydrogen) atoms. The van der Waals surface area contributed by atoms with Crippen molar-refractivity contribution < 1.29 is 14.4 Å². The molecule has 0 aliphatic rings. The number of hydrogen-bond donors (Lipinski definition) is 2. The van der Waals surface area contributed by atoms with Crippen LogP contribution in [0.2, 0.25) is 0 Å². The molecule has 0 bridgehead atoms. The van der Waals surface area contributed by atoms with Gasteiger partial charge in [-0.1, -0.05) is 47.6 Å². The molecule has 0 saturated carbocycles. The minimum absolute atomic E-state index is 0.550. The molecule has 2 N–H and O–H groups in total. The number of hydrogen-bond acceptors (Lipinski definition) is 1. The van der Waals surface area contributed by atoms with E-state index in [4.69, 9.17) is 0 Å². The highest BCUT2D eigenvalue weighted by atomic mass is 31.2. The molecule has 0 aromatic rings. The summed E-state index contributed by atoms with van der Waals surface area (Å²) in [5.41, 5.74) is -1.10. The van der Waals surface area contributed by atoms with Gasteiger partial charge in [-0.2, -0.15) is 0 Å². The summed E-state index contributed by atoms with van der Waals surface area (Å²) in [6, 6.07) is 0. The molecule has 0 rings (SSSR count). The zero-order valence-corrected chi connectivity index (χ0v) is 11.4. The van der Waals surface area contributed by atoms with E-state index in [-0.39, 0.29) is 0 Å². The smallest absolute Gasteiger partial charge is 0.324 e. The van der Waals surface area contributed by atoms with Crippen LogP contribution in [0.4, 0.5) is 0 Å². The maximum absolute atomic E-state index is 11.8. The lowest BCUT2D eigenvalue weighted by Crippen LogP contribution is -2.50. The fraction of sp³-hybridized carbons (Fsp3) is 0.818. The van der Waals surface area contributed by atoms with Gasteiger partial charge in [-0.15, -0.1) is 6.58 Å². The van der Waals surface area contributed by atoms with E-state index in [2.05, 4.69) is 6.58 Å². The molecule has 90 valence electrons. The molecule has 0 heterocycles. The summed E-state index contributed by atoms with van der Waals surface area (Å²) in [4.78, 5) is 19.3. The van der Waals surface area contributed by atoms with Gasteiger partial charge in [-0.05, 0) is 10.8 Å². The second-order valence-corrected chi connectivity index (χ2v) is 7.81. The van der Waals surface area contributed by atoms with Gasteiger partial charge < -0.3 is 9.79 Å². The molecule has 0 saturated heterocycles. The molecule has 3 nitrogen and oxygen atoms in total. The van der Waals surface area contributed by atoms with Crippen LogP contribution in [0.25, 0.3) is 0 Å². The van der Waals surface area contributed by atoms with E-state index in [0.29, 0.717) is 0 Å². The Bertz CT molecular complexity index is 274. The van der Waals surface area contributed by atoms with Crippen molar-refractivity contribution in [1.82, 2.24) is 0 Å². The lowest BCUT2D eigenvalue weighted by molar-refractivity contribution is 0.140. The monoisotopic (exact) mass is 234 g/mol. The highest BCUT2D eigenvalue weighted by molar-refractivity contribution is 7.54. The fourth-order valence-corrected chi connectivity index (χ4v) is 4.72. The molecule has 0 unspecified atom stereocenters. The maximum Gasteiger partial charge on any atom is 0.336 e. The van der Waals surface area contributed by atoms with Crippen LogP contribution >= 0.6 is 7.60 Å². The third-order valence-corrected chi connectivity index (χ3v) is 5.48. The van der Waals surface area contributed by atoms with Gasteiger partial charge in [0.1, 0.15) is 0 Å². The summed E-state index contributed by atoms with van der Waals surface area (Å²) >= 11 is 0. The Morgan fingerprint density at radius 2 is 1.27 bits per heavy atom. The third kappa shape index (κ3) is 2.20. The fourth-order valence-electron chi connectivity index (χ4n) is 2.73. The van der Waals surface area contributed by atoms with Crippen LogP contribution in [0.15, 0.2) is 12.7 Å². The summed E-state index contributed by atoms with van der Waals surface area (Å²) in [5, 5.41) is -1.22. The van der Waals surface area contributed by atoms with E-state index >= 15 is 0 Å². The van der Waals surface area contributed by atoms with Gasteiger partial charge >= 0.3 is 7.60 Å². The van der Waals surface area contributed by atoms with Crippen molar-refractivity contribution in [3.8, 4) is 0 Å². The predicted octanol–water partition coefficient (Wildman–Crippen LogP) is 3.18. The van der Waals surface area contributed by atoms with Crippen LogP contribution in [0.5, 0.6) is 0 Å². The number of rotatable bonds is 2. The predicted molar refractivity (Wildman–Crippen MR) is 63.9 cm³/mol. The molecular weight excluding hydrogens is 211 g/mol. The Balaban J connectivity index is 6.02. The van der Waals surface area contributed by atoms with Crippen molar-refractivity contribution in [3.05, 3.63) is 12.7 Å². The van der Waals surface area contributed by atoms with E-state index in [0.717, 1.165) is 0 Å². The van der Waals surface area contributed by atoms with Gasteiger partial charge in [0.2, 0.25) is 0 Å². The average Bonchev–Trinajstić information content (AvgIpc) is 1.76. The van der Waals surface area contributed by atoms with Crippen molar-refractivity contribution in [2.24, 2.45) is 10.8 Å². The third-order valence-electron chi connectivity index (χ3n) is 3.04. The first-order valence-electron chi connectivity index (χ1n) is 5.00. The normalized spacial score (nSPS) is 15.2. The molecule has 0 aliphatic heterocycles. The summed E-state index contributed by atoms with van der Waals surface area (Å²) in [7, 11) is -4.27. The van der Waals surface area contributed by atoms with Crippen LogP contribution in [0.3, 0.4) is 0 Å². The largest absolute Gasteiger partial charge is 0.336 e. The Labute approximate surface area is 92.8 Å². The summed E-state index contributed by atoms with van der Waals surface area (Å²) in [5.74, 6) is 0. The van der Waals surface area contributed by atoms with Crippen LogP contribution in [0, 0.1) is 10.8 Å². The highest BCUT2D eigenvalue weighted by Crippen LogP contribution is 2.67. The molecule has 0 atom stereocenters. The SMILES string of the molecule is C=CC(C(C)(C)C)(C(C)(C)C)P(=O)(O)O. The second kappa shape index (κ2) is 3.73. The zero-order chi connectivity index (χ0) is 12.7. The Morgan fingerprint density at radius 3 is 1.27 bits per heavy atom. The molecule has 0 aromatic heterocycles. The molecule has 0 amide bonds. The van der Waals surface area contributed by atoms with Crippen molar-refractivity contribution in [1.29, 1.82) is 0 Å². The molecule has 0 aliphatic carbocycles. The first-order valence-corrected chi connectivity index (χ1v) is 6.62. The molecule has 0 spiro atoms. The van der Waals surface area contributed by atoms with E-state index in [1.54, 1.807) is 0 Å². The molecule has 4 heteroatoms. The van der Waals surface area contributed by atoms with Gasteiger partial charge in [0.15, 0.2) is 0 Å². The van der Waals surface area contributed by atoms with Gasteiger partial charge in [-0.25, -0.2) is 0 Å². The van der Waals surface area contributed by atoms with Crippen molar-refractivity contribution in [2.75, 3.05) is 0 Å². The summed E-state index contributed by atoms with van der Waals surface area (Å²) in [6.45, 7) is 14.6. The quantitative estimate of drug-likeness (QED) is 0.570. The minimum Gasteiger partial charge on any atom is -0.324 e. The minimum atomic E-state index is -4.27. The van der Waals surface area contributed by atoms with Crippen molar-refractivity contribution in [2.45, 2.75) is 46.7 Å². The Hall–Kier alpha value is -0.110. The molecule has 0 fully saturated rings. The van der Waals surface area contributed by atoms with Crippen LogP contribution in [-0.4, -0.2) is 14.9 Å².